The van der Waals surface area contributed by atoms with Crippen molar-refractivity contribution in [3.05, 3.63) is 59.4 Å². The van der Waals surface area contributed by atoms with Crippen LogP contribution in [-0.4, -0.2) is 23.3 Å². The van der Waals surface area contributed by atoms with E-state index in [1.54, 1.807) is 24.3 Å². The lowest BCUT2D eigenvalue weighted by Crippen LogP contribution is -2.26. The van der Waals surface area contributed by atoms with Gasteiger partial charge in [-0.15, -0.1) is 0 Å². The minimum Gasteiger partial charge on any atom is -0.351 e. The number of amides is 2. The van der Waals surface area contributed by atoms with Gasteiger partial charge < -0.3 is 10.6 Å². The summed E-state index contributed by atoms with van der Waals surface area (Å²) in [6.45, 7) is 2.68. The number of benzene rings is 1. The maximum Gasteiger partial charge on any atom is 0.269 e. The molecule has 0 radical (unpaired) electrons. The number of carbonyl (C=O) groups is 2. The maximum atomic E-state index is 12.4. The summed E-state index contributed by atoms with van der Waals surface area (Å²) < 4.78 is 0. The smallest absolute Gasteiger partial charge is 0.269 e. The van der Waals surface area contributed by atoms with Gasteiger partial charge in [-0.05, 0) is 30.7 Å². The topological polar surface area (TPSA) is 94.9 Å². The molecule has 2 aromatic rings. The molecule has 0 saturated heterocycles. The average Bonchev–Trinajstić information content (AvgIpc) is 2.65. The van der Waals surface area contributed by atoms with Gasteiger partial charge in [0.05, 0.1) is 11.3 Å². The van der Waals surface area contributed by atoms with Gasteiger partial charge in [0, 0.05) is 18.3 Å². The summed E-state index contributed by atoms with van der Waals surface area (Å²) in [6, 6.07) is 11.7. The monoisotopic (exact) mass is 336 g/mol. The first kappa shape index (κ1) is 18.1. The molecule has 25 heavy (non-hydrogen) atoms. The molecule has 2 amide bonds. The van der Waals surface area contributed by atoms with Crippen LogP contribution in [0.5, 0.6) is 0 Å². The van der Waals surface area contributed by atoms with Gasteiger partial charge >= 0.3 is 0 Å². The molecule has 1 heterocycles. The van der Waals surface area contributed by atoms with Crippen molar-refractivity contribution in [2.24, 2.45) is 0 Å². The van der Waals surface area contributed by atoms with E-state index in [0.29, 0.717) is 23.4 Å². The van der Waals surface area contributed by atoms with Crippen molar-refractivity contribution in [1.82, 2.24) is 10.3 Å². The predicted octanol–water partition coefficient (Wildman–Crippen LogP) is 3.13. The number of hydrogen-bond donors (Lipinski definition) is 2. The molecule has 1 aromatic carbocycles. The van der Waals surface area contributed by atoms with E-state index in [1.807, 2.05) is 6.07 Å². The van der Waals surface area contributed by atoms with Crippen LogP contribution >= 0.6 is 0 Å². The standard InChI is InChI=1S/C19H20N4O2/c1-2-3-6-10-22-19(25)17-12-14(9-11-21-17)18(24)23-16-8-5-4-7-15(16)13-20/h4-5,7-9,11-12H,2-3,6,10H2,1H3,(H,22,25)(H,23,24). The van der Waals surface area contributed by atoms with Gasteiger partial charge in [0.25, 0.3) is 11.8 Å². The van der Waals surface area contributed by atoms with Crippen molar-refractivity contribution in [2.45, 2.75) is 26.2 Å². The Kier molecular flexibility index (Phi) is 6.66. The van der Waals surface area contributed by atoms with Gasteiger partial charge in [-0.1, -0.05) is 31.9 Å². The number of aromatic nitrogens is 1. The van der Waals surface area contributed by atoms with Crippen LogP contribution in [0.1, 0.15) is 52.6 Å². The maximum absolute atomic E-state index is 12.4. The number of unbranched alkanes of at least 4 members (excludes halogenated alkanes) is 2. The second-order valence-electron chi connectivity index (χ2n) is 5.50. The molecule has 0 bridgehead atoms. The number of pyridine rings is 1. The van der Waals surface area contributed by atoms with E-state index in [-0.39, 0.29) is 11.6 Å². The van der Waals surface area contributed by atoms with Crippen LogP contribution in [0, 0.1) is 11.3 Å². The molecule has 0 aliphatic heterocycles. The van der Waals surface area contributed by atoms with E-state index in [0.717, 1.165) is 19.3 Å². The largest absolute Gasteiger partial charge is 0.351 e. The highest BCUT2D eigenvalue weighted by Gasteiger charge is 2.13. The zero-order valence-corrected chi connectivity index (χ0v) is 14.1. The fraction of sp³-hybridized carbons (Fsp3) is 0.263. The SMILES string of the molecule is CCCCCNC(=O)c1cc(C(=O)Nc2ccccc2C#N)ccn1. The Morgan fingerprint density at radius 1 is 1.16 bits per heavy atom. The highest BCUT2D eigenvalue weighted by molar-refractivity contribution is 6.06. The number of para-hydroxylation sites is 1. The Balaban J connectivity index is 2.06. The number of hydrogen-bond acceptors (Lipinski definition) is 4. The molecule has 0 atom stereocenters. The third kappa shape index (κ3) is 5.15. The number of nitriles is 1. The molecule has 6 heteroatoms. The summed E-state index contributed by atoms with van der Waals surface area (Å²) in [6.07, 6.45) is 4.46. The van der Waals surface area contributed by atoms with Crippen molar-refractivity contribution in [3.8, 4) is 6.07 Å². The Morgan fingerprint density at radius 2 is 1.96 bits per heavy atom. The molecule has 0 fully saturated rings. The third-order valence-corrected chi connectivity index (χ3v) is 3.62. The number of anilines is 1. The van der Waals surface area contributed by atoms with Crippen LogP contribution in [0.25, 0.3) is 0 Å². The predicted molar refractivity (Wildman–Crippen MR) is 95.2 cm³/mol. The van der Waals surface area contributed by atoms with Crippen molar-refractivity contribution >= 4 is 17.5 Å². The van der Waals surface area contributed by atoms with Crippen molar-refractivity contribution in [3.63, 3.8) is 0 Å². The molecule has 0 aliphatic carbocycles. The number of nitrogens with one attached hydrogen (secondary N) is 2. The Bertz CT molecular complexity index is 796. The molecule has 2 N–H and O–H groups in total. The highest BCUT2D eigenvalue weighted by atomic mass is 16.2. The number of rotatable bonds is 7. The molecule has 2 rings (SSSR count). The first-order chi connectivity index (χ1) is 12.2. The van der Waals surface area contributed by atoms with E-state index in [2.05, 4.69) is 22.5 Å². The zero-order chi connectivity index (χ0) is 18.1. The van der Waals surface area contributed by atoms with Crippen LogP contribution in [0.4, 0.5) is 5.69 Å². The first-order valence-electron chi connectivity index (χ1n) is 8.20. The third-order valence-electron chi connectivity index (χ3n) is 3.62. The summed E-state index contributed by atoms with van der Waals surface area (Å²) in [5.74, 6) is -0.701. The van der Waals surface area contributed by atoms with Crippen LogP contribution < -0.4 is 10.6 Å². The molecular formula is C19H20N4O2. The summed E-state index contributed by atoms with van der Waals surface area (Å²) in [4.78, 5) is 28.5. The first-order valence-corrected chi connectivity index (χ1v) is 8.20. The summed E-state index contributed by atoms with van der Waals surface area (Å²) >= 11 is 0. The van der Waals surface area contributed by atoms with E-state index >= 15 is 0 Å². The molecule has 0 aliphatic rings. The molecule has 1 aromatic heterocycles. The van der Waals surface area contributed by atoms with Crippen molar-refractivity contribution in [1.29, 1.82) is 5.26 Å². The average molecular weight is 336 g/mol. The van der Waals surface area contributed by atoms with Crippen LogP contribution in [-0.2, 0) is 0 Å². The molecule has 0 unspecified atom stereocenters. The normalized spacial score (nSPS) is 9.92. The zero-order valence-electron chi connectivity index (χ0n) is 14.1. The van der Waals surface area contributed by atoms with Gasteiger partial charge in [-0.25, -0.2) is 0 Å². The van der Waals surface area contributed by atoms with Crippen LogP contribution in [0.15, 0.2) is 42.6 Å². The van der Waals surface area contributed by atoms with Gasteiger partial charge in [0.1, 0.15) is 11.8 Å². The van der Waals surface area contributed by atoms with E-state index in [9.17, 15) is 9.59 Å². The molecule has 6 nitrogen and oxygen atoms in total. The number of nitrogens with zero attached hydrogens (tertiary/aromatic N) is 2. The fourth-order valence-electron chi connectivity index (χ4n) is 2.25. The van der Waals surface area contributed by atoms with E-state index in [1.165, 1.54) is 18.3 Å². The Hall–Kier alpha value is -3.20. The minimum absolute atomic E-state index is 0.192. The number of carbonyl (C=O) groups excluding carboxylic acids is 2. The van der Waals surface area contributed by atoms with Crippen molar-refractivity contribution in [2.75, 3.05) is 11.9 Å². The van der Waals surface area contributed by atoms with E-state index < -0.39 is 5.91 Å². The molecule has 0 spiro atoms. The van der Waals surface area contributed by atoms with Crippen LogP contribution in [0.3, 0.4) is 0 Å². The molecule has 128 valence electrons. The lowest BCUT2D eigenvalue weighted by Gasteiger charge is -2.08. The summed E-state index contributed by atoms with van der Waals surface area (Å²) in [7, 11) is 0. The summed E-state index contributed by atoms with van der Waals surface area (Å²) in [5, 5.41) is 14.5. The molecule has 0 saturated carbocycles. The van der Waals surface area contributed by atoms with Gasteiger partial charge in [0.2, 0.25) is 0 Å². The highest BCUT2D eigenvalue weighted by Crippen LogP contribution is 2.15. The van der Waals surface area contributed by atoms with Crippen LogP contribution in [0.2, 0.25) is 0 Å². The van der Waals surface area contributed by atoms with Gasteiger partial charge in [-0.3, -0.25) is 14.6 Å². The van der Waals surface area contributed by atoms with Crippen molar-refractivity contribution < 1.29 is 9.59 Å². The quantitative estimate of drug-likeness (QED) is 0.759. The second-order valence-corrected chi connectivity index (χ2v) is 5.50. The molecular weight excluding hydrogens is 316 g/mol. The Morgan fingerprint density at radius 3 is 2.72 bits per heavy atom. The lowest BCUT2D eigenvalue weighted by atomic mass is 10.1. The van der Waals surface area contributed by atoms with Gasteiger partial charge in [-0.2, -0.15) is 5.26 Å². The van der Waals surface area contributed by atoms with E-state index in [4.69, 9.17) is 5.26 Å². The summed E-state index contributed by atoms with van der Waals surface area (Å²) in [5.41, 5.74) is 1.30. The van der Waals surface area contributed by atoms with Gasteiger partial charge in [0.15, 0.2) is 0 Å². The lowest BCUT2D eigenvalue weighted by molar-refractivity contribution is 0.0948. The Labute approximate surface area is 146 Å². The second kappa shape index (κ2) is 9.18. The fourth-order valence-corrected chi connectivity index (χ4v) is 2.25. The minimum atomic E-state index is -0.398.